The Morgan fingerprint density at radius 3 is 2.78 bits per heavy atom. The van der Waals surface area contributed by atoms with Gasteiger partial charge in [0.1, 0.15) is 17.8 Å². The lowest BCUT2D eigenvalue weighted by Crippen LogP contribution is -2.33. The molecule has 2 rings (SSSR count). The van der Waals surface area contributed by atoms with E-state index in [1.165, 1.54) is 18.9 Å². The highest BCUT2D eigenvalue weighted by molar-refractivity contribution is 5.92. The standard InChI is InChI=1S/C11H16N6O/c1-7(2)9(10-14-6-15-17(10)3)16-11(18)8-4-12-5-13-8/h4-7,9H,1-3H3,(H,12,13)(H,16,18). The van der Waals surface area contributed by atoms with Crippen molar-refractivity contribution in [2.24, 2.45) is 13.0 Å². The van der Waals surface area contributed by atoms with E-state index in [1.54, 1.807) is 11.7 Å². The first-order valence-electron chi connectivity index (χ1n) is 5.72. The topological polar surface area (TPSA) is 88.5 Å². The molecule has 2 heterocycles. The molecule has 2 aromatic heterocycles. The Hall–Kier alpha value is -2.18. The first kappa shape index (κ1) is 12.3. The number of H-pyrrole nitrogens is 1. The van der Waals surface area contributed by atoms with Gasteiger partial charge in [-0.25, -0.2) is 9.97 Å². The van der Waals surface area contributed by atoms with Crippen LogP contribution in [0.25, 0.3) is 0 Å². The van der Waals surface area contributed by atoms with Crippen molar-refractivity contribution in [1.82, 2.24) is 30.0 Å². The minimum absolute atomic E-state index is 0.187. The predicted molar refractivity (Wildman–Crippen MR) is 64.6 cm³/mol. The van der Waals surface area contributed by atoms with Gasteiger partial charge in [-0.1, -0.05) is 13.8 Å². The molecule has 0 saturated carbocycles. The van der Waals surface area contributed by atoms with Gasteiger partial charge in [0.25, 0.3) is 5.91 Å². The number of rotatable bonds is 4. The van der Waals surface area contributed by atoms with Crippen molar-refractivity contribution >= 4 is 5.91 Å². The van der Waals surface area contributed by atoms with Gasteiger partial charge in [0.15, 0.2) is 0 Å². The highest BCUT2D eigenvalue weighted by Gasteiger charge is 2.23. The van der Waals surface area contributed by atoms with Crippen molar-refractivity contribution in [3.05, 3.63) is 30.4 Å². The third kappa shape index (κ3) is 2.39. The van der Waals surface area contributed by atoms with Gasteiger partial charge in [0.05, 0.1) is 18.6 Å². The average Bonchev–Trinajstić information content (AvgIpc) is 2.96. The van der Waals surface area contributed by atoms with Crippen molar-refractivity contribution in [2.75, 3.05) is 0 Å². The normalized spacial score (nSPS) is 12.7. The van der Waals surface area contributed by atoms with Gasteiger partial charge in [-0.15, -0.1) is 0 Å². The Morgan fingerprint density at radius 2 is 2.28 bits per heavy atom. The van der Waals surface area contributed by atoms with E-state index in [1.807, 2.05) is 13.8 Å². The summed E-state index contributed by atoms with van der Waals surface area (Å²) in [5.74, 6) is 0.742. The smallest absolute Gasteiger partial charge is 0.269 e. The SMILES string of the molecule is CC(C)C(NC(=O)c1cnc[nH]1)c1ncnn1C. The van der Waals surface area contributed by atoms with Crippen LogP contribution < -0.4 is 5.32 Å². The summed E-state index contributed by atoms with van der Waals surface area (Å²) < 4.78 is 1.66. The number of carbonyl (C=O) groups is 1. The van der Waals surface area contributed by atoms with Crippen molar-refractivity contribution in [1.29, 1.82) is 0 Å². The molecule has 0 saturated heterocycles. The zero-order chi connectivity index (χ0) is 13.1. The molecule has 0 bridgehead atoms. The number of aryl methyl sites for hydroxylation is 1. The van der Waals surface area contributed by atoms with Gasteiger partial charge >= 0.3 is 0 Å². The van der Waals surface area contributed by atoms with E-state index in [9.17, 15) is 4.79 Å². The van der Waals surface area contributed by atoms with Gasteiger partial charge in [-0.2, -0.15) is 5.10 Å². The van der Waals surface area contributed by atoms with Crippen LogP contribution in [0.1, 0.15) is 36.2 Å². The predicted octanol–water partition coefficient (Wildman–Crippen LogP) is 0.665. The molecule has 0 radical (unpaired) electrons. The summed E-state index contributed by atoms with van der Waals surface area (Å²) in [6.07, 6.45) is 4.44. The van der Waals surface area contributed by atoms with Crippen molar-refractivity contribution < 1.29 is 4.79 Å². The Bertz CT molecular complexity index is 515. The van der Waals surface area contributed by atoms with Gasteiger partial charge in [-0.05, 0) is 5.92 Å². The lowest BCUT2D eigenvalue weighted by molar-refractivity contribution is 0.0917. The molecule has 1 unspecified atom stereocenters. The third-order valence-corrected chi connectivity index (χ3v) is 2.72. The molecule has 1 atom stereocenters. The summed E-state index contributed by atoms with van der Waals surface area (Å²) in [6, 6.07) is -0.187. The number of aromatic nitrogens is 5. The van der Waals surface area contributed by atoms with Crippen LogP contribution in [-0.4, -0.2) is 30.6 Å². The van der Waals surface area contributed by atoms with Gasteiger partial charge in [0, 0.05) is 7.05 Å². The second-order valence-electron chi connectivity index (χ2n) is 4.40. The molecule has 18 heavy (non-hydrogen) atoms. The van der Waals surface area contributed by atoms with Crippen molar-refractivity contribution in [3.63, 3.8) is 0 Å². The lowest BCUT2D eigenvalue weighted by Gasteiger charge is -2.20. The van der Waals surface area contributed by atoms with Gasteiger partial charge in [0.2, 0.25) is 0 Å². The maximum absolute atomic E-state index is 12.0. The quantitative estimate of drug-likeness (QED) is 0.832. The summed E-state index contributed by atoms with van der Waals surface area (Å²) >= 11 is 0. The fourth-order valence-electron chi connectivity index (χ4n) is 1.72. The molecule has 2 N–H and O–H groups in total. The van der Waals surface area contributed by atoms with Crippen molar-refractivity contribution in [3.8, 4) is 0 Å². The van der Waals surface area contributed by atoms with Crippen LogP contribution in [0.2, 0.25) is 0 Å². The first-order valence-corrected chi connectivity index (χ1v) is 5.72. The Labute approximate surface area is 105 Å². The van der Waals surface area contributed by atoms with E-state index in [2.05, 4.69) is 25.4 Å². The van der Waals surface area contributed by atoms with E-state index in [0.29, 0.717) is 5.69 Å². The molecule has 7 heteroatoms. The van der Waals surface area contributed by atoms with Crippen LogP contribution in [0.3, 0.4) is 0 Å². The van der Waals surface area contributed by atoms with Crippen LogP contribution in [0, 0.1) is 5.92 Å². The minimum Gasteiger partial charge on any atom is -0.341 e. The fraction of sp³-hybridized carbons (Fsp3) is 0.455. The number of hydrogen-bond acceptors (Lipinski definition) is 4. The molecule has 0 aliphatic carbocycles. The molecular formula is C11H16N6O. The lowest BCUT2D eigenvalue weighted by atomic mass is 10.0. The number of nitrogens with zero attached hydrogens (tertiary/aromatic N) is 4. The Kier molecular flexibility index (Phi) is 3.40. The number of aromatic amines is 1. The van der Waals surface area contributed by atoms with E-state index >= 15 is 0 Å². The highest BCUT2D eigenvalue weighted by atomic mass is 16.2. The summed E-state index contributed by atoms with van der Waals surface area (Å²) in [5, 5.41) is 6.95. The first-order chi connectivity index (χ1) is 8.59. The van der Waals surface area contributed by atoms with Crippen LogP contribution >= 0.6 is 0 Å². The number of carbonyl (C=O) groups excluding carboxylic acids is 1. The van der Waals surface area contributed by atoms with E-state index in [4.69, 9.17) is 0 Å². The highest BCUT2D eigenvalue weighted by Crippen LogP contribution is 2.19. The summed E-state index contributed by atoms with van der Waals surface area (Å²) in [4.78, 5) is 22.8. The van der Waals surface area contributed by atoms with Crippen LogP contribution in [0.4, 0.5) is 0 Å². The zero-order valence-corrected chi connectivity index (χ0v) is 10.6. The molecule has 1 amide bonds. The Balaban J connectivity index is 2.18. The molecule has 0 spiro atoms. The third-order valence-electron chi connectivity index (χ3n) is 2.72. The average molecular weight is 248 g/mol. The van der Waals surface area contributed by atoms with E-state index in [-0.39, 0.29) is 17.9 Å². The molecule has 0 aliphatic rings. The maximum Gasteiger partial charge on any atom is 0.269 e. The van der Waals surface area contributed by atoms with E-state index < -0.39 is 0 Å². The molecule has 0 aliphatic heterocycles. The van der Waals surface area contributed by atoms with Crippen LogP contribution in [-0.2, 0) is 7.05 Å². The fourth-order valence-corrected chi connectivity index (χ4v) is 1.72. The Morgan fingerprint density at radius 1 is 1.50 bits per heavy atom. The second-order valence-corrected chi connectivity index (χ2v) is 4.40. The summed E-state index contributed by atoms with van der Waals surface area (Å²) in [6.45, 7) is 4.04. The number of amides is 1. The van der Waals surface area contributed by atoms with Crippen LogP contribution in [0.5, 0.6) is 0 Å². The number of hydrogen-bond donors (Lipinski definition) is 2. The number of imidazole rings is 1. The van der Waals surface area contributed by atoms with E-state index in [0.717, 1.165) is 5.82 Å². The second kappa shape index (κ2) is 4.99. The molecule has 2 aromatic rings. The monoisotopic (exact) mass is 248 g/mol. The minimum atomic E-state index is -0.200. The van der Waals surface area contributed by atoms with Gasteiger partial charge in [-0.3, -0.25) is 9.48 Å². The molecule has 0 aromatic carbocycles. The summed E-state index contributed by atoms with van der Waals surface area (Å²) in [5.41, 5.74) is 0.433. The van der Waals surface area contributed by atoms with Crippen LogP contribution in [0.15, 0.2) is 18.9 Å². The van der Waals surface area contributed by atoms with Gasteiger partial charge < -0.3 is 10.3 Å². The maximum atomic E-state index is 12.0. The van der Waals surface area contributed by atoms with Crippen molar-refractivity contribution in [2.45, 2.75) is 19.9 Å². The number of nitrogens with one attached hydrogen (secondary N) is 2. The summed E-state index contributed by atoms with van der Waals surface area (Å²) in [7, 11) is 1.81. The molecule has 0 fully saturated rings. The molecule has 96 valence electrons. The zero-order valence-electron chi connectivity index (χ0n) is 10.6. The molecule has 7 nitrogen and oxygen atoms in total. The largest absolute Gasteiger partial charge is 0.341 e. The molecular weight excluding hydrogens is 232 g/mol.